The van der Waals surface area contributed by atoms with Gasteiger partial charge in [0.25, 0.3) is 0 Å². The van der Waals surface area contributed by atoms with Crippen molar-refractivity contribution in [1.29, 1.82) is 0 Å². The van der Waals surface area contributed by atoms with Gasteiger partial charge in [0.05, 0.1) is 12.9 Å². The molecule has 3 rings (SSSR count). The zero-order valence-corrected chi connectivity index (χ0v) is 12.2. The van der Waals surface area contributed by atoms with Crippen LogP contribution < -0.4 is 10.2 Å². The van der Waals surface area contributed by atoms with Crippen LogP contribution in [0, 0.1) is 5.82 Å². The van der Waals surface area contributed by atoms with E-state index < -0.39 is 0 Å². The number of rotatable bonds is 6. The molecule has 0 bridgehead atoms. The molecule has 1 aliphatic rings. The average Bonchev–Trinajstić information content (AvgIpc) is 2.56. The van der Waals surface area contributed by atoms with E-state index in [1.54, 1.807) is 12.3 Å². The Balaban J connectivity index is 1.47. The number of ether oxygens (including phenoxy) is 1. The summed E-state index contributed by atoms with van der Waals surface area (Å²) in [4.78, 5) is 5.44. The Kier molecular flexibility index (Phi) is 4.83. The molecule has 0 radical (unpaired) electrons. The van der Waals surface area contributed by atoms with Gasteiger partial charge < -0.3 is 4.74 Å². The van der Waals surface area contributed by atoms with E-state index in [9.17, 15) is 4.39 Å². The molecule has 22 heavy (non-hydrogen) atoms. The molecule has 0 amide bonds. The second-order valence-corrected chi connectivity index (χ2v) is 5.19. The fourth-order valence-corrected chi connectivity index (χ4v) is 2.47. The molecule has 1 atom stereocenters. The van der Waals surface area contributed by atoms with Gasteiger partial charge in [0.1, 0.15) is 11.6 Å². The highest BCUT2D eigenvalue weighted by Gasteiger charge is 2.18. The second-order valence-electron chi connectivity index (χ2n) is 5.19. The highest BCUT2D eigenvalue weighted by atomic mass is 19.1. The monoisotopic (exact) mass is 299 g/mol. The first kappa shape index (κ1) is 14.8. The van der Waals surface area contributed by atoms with E-state index in [0.29, 0.717) is 13.2 Å². The molecule has 2 aromatic carbocycles. The van der Waals surface area contributed by atoms with Crippen LogP contribution in [0.15, 0.2) is 60.9 Å². The van der Waals surface area contributed by atoms with Gasteiger partial charge in [-0.15, -0.1) is 0 Å². The number of hydrogen-bond acceptors (Lipinski definition) is 3. The maximum absolute atomic E-state index is 13.4. The molecule has 0 saturated heterocycles. The molecule has 0 aromatic heterocycles. The van der Waals surface area contributed by atoms with Crippen molar-refractivity contribution < 1.29 is 14.0 Å². The lowest BCUT2D eigenvalue weighted by Gasteiger charge is -2.20. The van der Waals surface area contributed by atoms with Gasteiger partial charge in [-0.25, -0.2) is 9.87 Å². The quantitative estimate of drug-likeness (QED) is 0.647. The van der Waals surface area contributed by atoms with Crippen LogP contribution in [0.1, 0.15) is 23.5 Å². The van der Waals surface area contributed by atoms with E-state index in [2.05, 4.69) is 5.48 Å². The molecule has 4 heteroatoms. The number of allylic oxidation sites excluding steroid dienone is 1. The Morgan fingerprint density at radius 1 is 1.14 bits per heavy atom. The van der Waals surface area contributed by atoms with Crippen molar-refractivity contribution in [1.82, 2.24) is 5.48 Å². The summed E-state index contributed by atoms with van der Waals surface area (Å²) < 4.78 is 18.8. The molecule has 1 heterocycles. The Morgan fingerprint density at radius 2 is 2.00 bits per heavy atom. The molecular weight excluding hydrogens is 281 g/mol. The SMILES string of the molecule is Fc1ccc2c(c1)C(CCNOCc1ccccc1)C=CO2. The number of fused-ring (bicyclic) bond motifs is 1. The van der Waals surface area contributed by atoms with E-state index in [1.807, 2.05) is 36.4 Å². The van der Waals surface area contributed by atoms with E-state index in [1.165, 1.54) is 12.1 Å². The lowest BCUT2D eigenvalue weighted by atomic mass is 9.93. The fraction of sp³-hybridized carbons (Fsp3) is 0.222. The maximum Gasteiger partial charge on any atom is 0.130 e. The van der Waals surface area contributed by atoms with Crippen LogP contribution in [0.4, 0.5) is 4.39 Å². The van der Waals surface area contributed by atoms with Crippen molar-refractivity contribution in [3.05, 3.63) is 77.8 Å². The molecule has 2 aromatic rings. The summed E-state index contributed by atoms with van der Waals surface area (Å²) in [5.41, 5.74) is 4.96. The third kappa shape index (κ3) is 3.72. The molecule has 0 spiro atoms. The Hall–Kier alpha value is -2.17. The van der Waals surface area contributed by atoms with Crippen molar-refractivity contribution in [2.45, 2.75) is 18.9 Å². The molecule has 0 fully saturated rings. The van der Waals surface area contributed by atoms with Crippen molar-refractivity contribution in [3.8, 4) is 5.75 Å². The van der Waals surface area contributed by atoms with Crippen LogP contribution in [0.3, 0.4) is 0 Å². The minimum absolute atomic E-state index is 0.132. The van der Waals surface area contributed by atoms with Crippen LogP contribution in [0.25, 0.3) is 0 Å². The highest BCUT2D eigenvalue weighted by Crippen LogP contribution is 2.34. The number of benzene rings is 2. The predicted octanol–water partition coefficient (Wildman–Crippen LogP) is 3.93. The van der Waals surface area contributed by atoms with Gasteiger partial charge >= 0.3 is 0 Å². The molecule has 0 saturated carbocycles. The van der Waals surface area contributed by atoms with Crippen LogP contribution in [-0.2, 0) is 11.4 Å². The van der Waals surface area contributed by atoms with Gasteiger partial charge in [-0.3, -0.25) is 4.84 Å². The van der Waals surface area contributed by atoms with Crippen molar-refractivity contribution in [3.63, 3.8) is 0 Å². The van der Waals surface area contributed by atoms with Crippen LogP contribution in [0.5, 0.6) is 5.75 Å². The summed E-state index contributed by atoms with van der Waals surface area (Å²) in [6, 6.07) is 14.6. The van der Waals surface area contributed by atoms with Gasteiger partial charge in [0.15, 0.2) is 0 Å². The Labute approximate surface area is 129 Å². The predicted molar refractivity (Wildman–Crippen MR) is 82.8 cm³/mol. The third-order valence-corrected chi connectivity index (χ3v) is 3.62. The first-order chi connectivity index (χ1) is 10.8. The zero-order valence-electron chi connectivity index (χ0n) is 12.2. The highest BCUT2D eigenvalue weighted by molar-refractivity contribution is 5.41. The Bertz CT molecular complexity index is 643. The summed E-state index contributed by atoms with van der Waals surface area (Å²) in [6.45, 7) is 1.20. The minimum Gasteiger partial charge on any atom is -0.465 e. The number of nitrogens with one attached hydrogen (secondary N) is 1. The smallest absolute Gasteiger partial charge is 0.130 e. The molecule has 1 N–H and O–H groups in total. The number of halogens is 1. The zero-order chi connectivity index (χ0) is 15.2. The first-order valence-corrected chi connectivity index (χ1v) is 7.34. The standard InChI is InChI=1S/C18H18FNO2/c19-16-6-7-18-17(12-16)15(9-11-21-18)8-10-20-22-13-14-4-2-1-3-5-14/h1-7,9,11-12,15,20H,8,10,13H2. The topological polar surface area (TPSA) is 30.5 Å². The second kappa shape index (κ2) is 7.20. The summed E-state index contributed by atoms with van der Waals surface area (Å²) >= 11 is 0. The van der Waals surface area contributed by atoms with Crippen LogP contribution >= 0.6 is 0 Å². The van der Waals surface area contributed by atoms with E-state index >= 15 is 0 Å². The van der Waals surface area contributed by atoms with Gasteiger partial charge in [0, 0.05) is 18.0 Å². The van der Waals surface area contributed by atoms with Crippen LogP contribution in [0.2, 0.25) is 0 Å². The average molecular weight is 299 g/mol. The summed E-state index contributed by atoms with van der Waals surface area (Å²) in [5.74, 6) is 0.613. The number of hydroxylamine groups is 1. The van der Waals surface area contributed by atoms with Gasteiger partial charge in [-0.2, -0.15) is 0 Å². The Morgan fingerprint density at radius 3 is 2.86 bits per heavy atom. The fourth-order valence-electron chi connectivity index (χ4n) is 2.47. The summed E-state index contributed by atoms with van der Waals surface area (Å²) in [7, 11) is 0. The maximum atomic E-state index is 13.4. The van der Waals surface area contributed by atoms with Crippen molar-refractivity contribution in [2.75, 3.05) is 6.54 Å². The van der Waals surface area contributed by atoms with Gasteiger partial charge in [-0.1, -0.05) is 30.3 Å². The van der Waals surface area contributed by atoms with Crippen molar-refractivity contribution >= 4 is 0 Å². The number of hydrogen-bond donors (Lipinski definition) is 1. The molecule has 0 aliphatic carbocycles. The van der Waals surface area contributed by atoms with E-state index in [-0.39, 0.29) is 11.7 Å². The summed E-state index contributed by atoms with van der Waals surface area (Å²) in [6.07, 6.45) is 4.42. The molecule has 114 valence electrons. The molecule has 3 nitrogen and oxygen atoms in total. The van der Waals surface area contributed by atoms with Gasteiger partial charge in [-0.05, 0) is 36.3 Å². The van der Waals surface area contributed by atoms with Gasteiger partial charge in [0.2, 0.25) is 0 Å². The molecular formula is C18H18FNO2. The van der Waals surface area contributed by atoms with Crippen molar-refractivity contribution in [2.24, 2.45) is 0 Å². The minimum atomic E-state index is -0.240. The normalized spacial score (nSPS) is 16.1. The lowest BCUT2D eigenvalue weighted by molar-refractivity contribution is 0.0270. The molecule has 1 aliphatic heterocycles. The third-order valence-electron chi connectivity index (χ3n) is 3.62. The van der Waals surface area contributed by atoms with Crippen LogP contribution in [-0.4, -0.2) is 6.54 Å². The van der Waals surface area contributed by atoms with E-state index in [0.717, 1.165) is 23.3 Å². The largest absolute Gasteiger partial charge is 0.465 e. The molecule has 1 unspecified atom stereocenters. The van der Waals surface area contributed by atoms with E-state index in [4.69, 9.17) is 9.57 Å². The lowest BCUT2D eigenvalue weighted by Crippen LogP contribution is -2.18. The summed E-state index contributed by atoms with van der Waals surface area (Å²) in [5, 5.41) is 0. The first-order valence-electron chi connectivity index (χ1n) is 7.34.